The predicted octanol–water partition coefficient (Wildman–Crippen LogP) is 5.33. The third kappa shape index (κ3) is 3.90. The fraction of sp³-hybridized carbons (Fsp3) is 0.316. The lowest BCUT2D eigenvalue weighted by Gasteiger charge is -2.21. The topological polar surface area (TPSA) is 49.8 Å². The van der Waals surface area contributed by atoms with Crippen LogP contribution < -0.4 is 9.80 Å². The van der Waals surface area contributed by atoms with E-state index >= 15 is 0 Å². The number of hydroxylamine groups is 1. The normalized spacial score (nSPS) is 10.9. The summed E-state index contributed by atoms with van der Waals surface area (Å²) >= 11 is 0. The molecule has 1 N–H and O–H groups in total. The Morgan fingerprint density at radius 3 is 1.91 bits per heavy atom. The van der Waals surface area contributed by atoms with E-state index in [2.05, 4.69) is 0 Å². The van der Waals surface area contributed by atoms with E-state index < -0.39 is 6.09 Å². The number of carbonyl (C=O) groups excluding carboxylic acids is 1. The van der Waals surface area contributed by atoms with Crippen molar-refractivity contribution in [2.75, 3.05) is 5.06 Å². The van der Waals surface area contributed by atoms with Crippen molar-refractivity contribution < 1.29 is 14.7 Å². The Hall–Kier alpha value is -2.33. The Kier molecular flexibility index (Phi) is 5.40. The third-order valence-corrected chi connectivity index (χ3v) is 3.68. The van der Waals surface area contributed by atoms with Crippen LogP contribution in [0.25, 0.3) is 0 Å². The number of anilines is 1. The predicted molar refractivity (Wildman–Crippen MR) is 91.4 cm³/mol. The maximum Gasteiger partial charge on any atom is 0.444 e. The van der Waals surface area contributed by atoms with Gasteiger partial charge in [-0.3, -0.25) is 5.21 Å². The summed E-state index contributed by atoms with van der Waals surface area (Å²) in [6.45, 7) is 8.19. The van der Waals surface area contributed by atoms with Crippen molar-refractivity contribution in [3.63, 3.8) is 0 Å². The molecule has 0 aliphatic heterocycles. The molecule has 4 nitrogen and oxygen atoms in total. The summed E-state index contributed by atoms with van der Waals surface area (Å²) in [6.07, 6.45) is -0.814. The summed E-state index contributed by atoms with van der Waals surface area (Å²) in [5, 5.41) is 10.6. The molecular weight excluding hydrogens is 290 g/mol. The van der Waals surface area contributed by atoms with Crippen molar-refractivity contribution in [3.05, 3.63) is 59.7 Å². The van der Waals surface area contributed by atoms with E-state index in [1.54, 1.807) is 24.3 Å². The number of para-hydroxylation sites is 2. The average molecular weight is 313 g/mol. The van der Waals surface area contributed by atoms with Crippen LogP contribution in [0.4, 0.5) is 10.5 Å². The van der Waals surface area contributed by atoms with Gasteiger partial charge in [-0.15, -0.1) is 0 Å². The van der Waals surface area contributed by atoms with Crippen LogP contribution >= 0.6 is 0 Å². The highest BCUT2D eigenvalue weighted by Gasteiger charge is 2.21. The number of ether oxygens (including phenoxy) is 1. The van der Waals surface area contributed by atoms with Crippen LogP contribution in [0.3, 0.4) is 0 Å². The van der Waals surface area contributed by atoms with Crippen LogP contribution in [0.1, 0.15) is 50.7 Å². The second-order valence-corrected chi connectivity index (χ2v) is 6.09. The number of rotatable bonds is 4. The average Bonchev–Trinajstić information content (AvgIpc) is 2.54. The summed E-state index contributed by atoms with van der Waals surface area (Å²) in [6, 6.07) is 14.4. The number of amides is 1. The number of hydrogen-bond acceptors (Lipinski definition) is 3. The largest absolute Gasteiger partial charge is 0.444 e. The van der Waals surface area contributed by atoms with Gasteiger partial charge in [0.2, 0.25) is 0 Å². The van der Waals surface area contributed by atoms with Gasteiger partial charge < -0.3 is 4.74 Å². The van der Waals surface area contributed by atoms with Gasteiger partial charge in [0.05, 0.1) is 5.69 Å². The van der Waals surface area contributed by atoms with Crippen LogP contribution in [0.15, 0.2) is 48.5 Å². The summed E-state index contributed by atoms with van der Waals surface area (Å²) in [4.78, 5) is 12.3. The quantitative estimate of drug-likeness (QED) is 0.613. The molecule has 0 heterocycles. The smallest absolute Gasteiger partial charge is 0.408 e. The number of hydrogen-bond donors (Lipinski definition) is 1. The first-order valence-electron chi connectivity index (χ1n) is 7.80. The first kappa shape index (κ1) is 17.0. The molecule has 0 unspecified atom stereocenters. The first-order valence-corrected chi connectivity index (χ1v) is 7.80. The monoisotopic (exact) mass is 313 g/mol. The Labute approximate surface area is 137 Å². The third-order valence-electron chi connectivity index (χ3n) is 3.68. The Bertz CT molecular complexity index is 639. The molecule has 2 rings (SSSR count). The highest BCUT2D eigenvalue weighted by atomic mass is 16.6. The maximum absolute atomic E-state index is 12.3. The lowest BCUT2D eigenvalue weighted by molar-refractivity contribution is 0.165. The van der Waals surface area contributed by atoms with Crippen LogP contribution in [0.2, 0.25) is 0 Å². The van der Waals surface area contributed by atoms with Crippen LogP contribution in [0.5, 0.6) is 5.75 Å². The minimum Gasteiger partial charge on any atom is -0.408 e. The molecule has 0 saturated heterocycles. The summed E-state index contributed by atoms with van der Waals surface area (Å²) < 4.78 is 5.55. The fourth-order valence-electron chi connectivity index (χ4n) is 2.41. The zero-order chi connectivity index (χ0) is 17.0. The van der Waals surface area contributed by atoms with Gasteiger partial charge in [0, 0.05) is 0 Å². The standard InChI is InChI=1S/C19H23NO3/c1-13(2)16-11-8-12-17(14(3)4)18(16)23-19(21)20(22)15-9-6-5-7-10-15/h5-14,22H,1-4H3. The van der Waals surface area contributed by atoms with E-state index in [9.17, 15) is 10.0 Å². The zero-order valence-corrected chi connectivity index (χ0v) is 14.0. The van der Waals surface area contributed by atoms with E-state index in [1.807, 2.05) is 52.0 Å². The summed E-state index contributed by atoms with van der Waals surface area (Å²) in [7, 11) is 0. The van der Waals surface area contributed by atoms with Gasteiger partial charge in [-0.25, -0.2) is 4.79 Å². The highest BCUT2D eigenvalue weighted by Crippen LogP contribution is 2.35. The fourth-order valence-corrected chi connectivity index (χ4v) is 2.41. The SMILES string of the molecule is CC(C)c1cccc(C(C)C)c1OC(=O)N(O)c1ccccc1. The molecule has 0 fully saturated rings. The van der Waals surface area contributed by atoms with Gasteiger partial charge in [0.1, 0.15) is 5.75 Å². The minimum atomic E-state index is -0.814. The minimum absolute atomic E-state index is 0.209. The molecule has 1 amide bonds. The molecule has 23 heavy (non-hydrogen) atoms. The molecule has 0 saturated carbocycles. The van der Waals surface area contributed by atoms with Crippen molar-refractivity contribution in [2.45, 2.75) is 39.5 Å². The summed E-state index contributed by atoms with van der Waals surface area (Å²) in [5.41, 5.74) is 2.27. The van der Waals surface area contributed by atoms with E-state index in [1.165, 1.54) is 0 Å². The molecule has 4 heteroatoms. The van der Waals surface area contributed by atoms with E-state index in [0.717, 1.165) is 11.1 Å². The molecule has 2 aromatic carbocycles. The zero-order valence-electron chi connectivity index (χ0n) is 14.0. The lowest BCUT2D eigenvalue weighted by atomic mass is 9.94. The molecular formula is C19H23NO3. The van der Waals surface area contributed by atoms with Crippen LogP contribution in [-0.2, 0) is 0 Å². The Morgan fingerprint density at radius 2 is 1.43 bits per heavy atom. The second-order valence-electron chi connectivity index (χ2n) is 6.09. The van der Waals surface area contributed by atoms with Gasteiger partial charge in [0.15, 0.2) is 0 Å². The number of carbonyl (C=O) groups is 1. The van der Waals surface area contributed by atoms with Crippen LogP contribution in [-0.4, -0.2) is 11.3 Å². The van der Waals surface area contributed by atoms with E-state index in [4.69, 9.17) is 4.74 Å². The Balaban J connectivity index is 2.33. The molecule has 122 valence electrons. The van der Waals surface area contributed by atoms with Crippen molar-refractivity contribution in [1.82, 2.24) is 0 Å². The van der Waals surface area contributed by atoms with Gasteiger partial charge in [-0.05, 0) is 35.1 Å². The van der Waals surface area contributed by atoms with Gasteiger partial charge >= 0.3 is 6.09 Å². The van der Waals surface area contributed by atoms with Gasteiger partial charge in [0.25, 0.3) is 0 Å². The maximum atomic E-state index is 12.3. The van der Waals surface area contributed by atoms with E-state index in [0.29, 0.717) is 16.5 Å². The van der Waals surface area contributed by atoms with Crippen LogP contribution in [0, 0.1) is 0 Å². The molecule has 0 spiro atoms. The van der Waals surface area contributed by atoms with E-state index in [-0.39, 0.29) is 11.8 Å². The lowest BCUT2D eigenvalue weighted by Crippen LogP contribution is -2.30. The molecule has 0 aliphatic carbocycles. The highest BCUT2D eigenvalue weighted by molar-refractivity contribution is 5.87. The Morgan fingerprint density at radius 1 is 0.913 bits per heavy atom. The first-order chi connectivity index (χ1) is 10.9. The molecule has 0 aliphatic rings. The molecule has 0 atom stereocenters. The summed E-state index contributed by atoms with van der Waals surface area (Å²) in [5.74, 6) is 0.957. The number of nitrogens with zero attached hydrogens (tertiary/aromatic N) is 1. The van der Waals surface area contributed by atoms with Gasteiger partial charge in [-0.1, -0.05) is 64.1 Å². The second kappa shape index (κ2) is 7.29. The molecule has 0 radical (unpaired) electrons. The van der Waals surface area contributed by atoms with Crippen molar-refractivity contribution >= 4 is 11.8 Å². The molecule has 0 aromatic heterocycles. The van der Waals surface area contributed by atoms with Crippen molar-refractivity contribution in [2.24, 2.45) is 0 Å². The number of benzene rings is 2. The van der Waals surface area contributed by atoms with Crippen molar-refractivity contribution in [1.29, 1.82) is 0 Å². The molecule has 0 bridgehead atoms. The molecule has 2 aromatic rings. The van der Waals surface area contributed by atoms with Gasteiger partial charge in [-0.2, -0.15) is 5.06 Å². The van der Waals surface area contributed by atoms with Crippen molar-refractivity contribution in [3.8, 4) is 5.75 Å².